The van der Waals surface area contributed by atoms with Crippen molar-refractivity contribution in [1.82, 2.24) is 4.98 Å². The van der Waals surface area contributed by atoms with E-state index in [2.05, 4.69) is 4.98 Å². The Morgan fingerprint density at radius 3 is 1.96 bits per heavy atom. The lowest BCUT2D eigenvalue weighted by Gasteiger charge is -2.19. The Morgan fingerprint density at radius 2 is 1.36 bits per heavy atom. The van der Waals surface area contributed by atoms with Crippen LogP contribution in [0.15, 0.2) is 72.9 Å². The minimum Gasteiger partial charge on any atom is -0.488 e. The highest BCUT2D eigenvalue weighted by molar-refractivity contribution is 6.03. The molecule has 0 saturated heterocycles. The Morgan fingerprint density at radius 1 is 0.750 bits per heavy atom. The molecule has 1 heterocycles. The number of halogens is 2. The number of hydrogen-bond donors (Lipinski definition) is 0. The molecule has 0 aliphatic rings. The maximum Gasteiger partial charge on any atom is 0.153 e. The fourth-order valence-electron chi connectivity index (χ4n) is 3.36. The minimum absolute atomic E-state index is 0.130. The van der Waals surface area contributed by atoms with Gasteiger partial charge in [0.25, 0.3) is 0 Å². The van der Waals surface area contributed by atoms with Gasteiger partial charge in [0.15, 0.2) is 5.75 Å². The molecule has 4 rings (SSSR count). The van der Waals surface area contributed by atoms with E-state index < -0.39 is 0 Å². The maximum atomic E-state index is 14.7. The third kappa shape index (κ3) is 3.22. The quantitative estimate of drug-likeness (QED) is 0.399. The zero-order valence-corrected chi connectivity index (χ0v) is 15.6. The molecular formula is C24H19F2NO. The molecule has 0 aliphatic heterocycles. The molecule has 140 valence electrons. The fraction of sp³-hybridized carbons (Fsp3) is 0.125. The van der Waals surface area contributed by atoms with Gasteiger partial charge >= 0.3 is 0 Å². The predicted octanol–water partition coefficient (Wildman–Crippen LogP) is 6.63. The number of benzene rings is 3. The average Bonchev–Trinajstić information content (AvgIpc) is 2.69. The summed E-state index contributed by atoms with van der Waals surface area (Å²) in [7, 11) is 0. The van der Waals surface area contributed by atoms with Gasteiger partial charge in [-0.3, -0.25) is 4.98 Å². The molecule has 0 saturated carbocycles. The lowest BCUT2D eigenvalue weighted by molar-refractivity contribution is 0.246. The van der Waals surface area contributed by atoms with E-state index in [9.17, 15) is 8.78 Å². The Hall–Kier alpha value is -3.27. The second kappa shape index (κ2) is 7.39. The first-order valence-corrected chi connectivity index (χ1v) is 9.14. The summed E-state index contributed by atoms with van der Waals surface area (Å²) in [6.07, 6.45) is 1.53. The molecule has 0 N–H and O–H groups in total. The molecule has 4 aromatic rings. The number of pyridine rings is 1. The normalized spacial score (nSPS) is 11.2. The van der Waals surface area contributed by atoms with Crippen LogP contribution in [0.4, 0.5) is 8.78 Å². The van der Waals surface area contributed by atoms with Crippen LogP contribution in [0.3, 0.4) is 0 Å². The van der Waals surface area contributed by atoms with Crippen molar-refractivity contribution in [2.24, 2.45) is 0 Å². The van der Waals surface area contributed by atoms with Crippen molar-refractivity contribution in [1.29, 1.82) is 0 Å². The summed E-state index contributed by atoms with van der Waals surface area (Å²) < 4.78 is 35.3. The first kappa shape index (κ1) is 18.1. The summed E-state index contributed by atoms with van der Waals surface area (Å²) in [5, 5.41) is 0.753. The van der Waals surface area contributed by atoms with Crippen LogP contribution in [-0.2, 0) is 0 Å². The average molecular weight is 375 g/mol. The molecule has 0 amide bonds. The standard InChI is InChI=1S/C24H19F2NO/c1-15(2)28-24-20(17-9-4-6-12-22(17)26)14-19(16-8-3-5-11-21(16)25)18-10-7-13-27-23(18)24/h3-15H,1-2H3. The maximum absolute atomic E-state index is 14.7. The van der Waals surface area contributed by atoms with E-state index in [0.717, 1.165) is 5.39 Å². The Kier molecular flexibility index (Phi) is 4.78. The summed E-state index contributed by atoms with van der Waals surface area (Å²) >= 11 is 0. The molecule has 0 unspecified atom stereocenters. The number of rotatable bonds is 4. The number of nitrogens with zero attached hydrogens (tertiary/aromatic N) is 1. The Balaban J connectivity index is 2.12. The van der Waals surface area contributed by atoms with E-state index in [4.69, 9.17) is 4.74 Å². The summed E-state index contributed by atoms with van der Waals surface area (Å²) in [5.74, 6) is -0.216. The monoisotopic (exact) mass is 375 g/mol. The van der Waals surface area contributed by atoms with Crippen molar-refractivity contribution < 1.29 is 13.5 Å². The lowest BCUT2D eigenvalue weighted by Crippen LogP contribution is -2.08. The molecular weight excluding hydrogens is 356 g/mol. The van der Waals surface area contributed by atoms with Gasteiger partial charge in [-0.1, -0.05) is 42.5 Å². The van der Waals surface area contributed by atoms with Crippen molar-refractivity contribution in [3.8, 4) is 28.0 Å². The van der Waals surface area contributed by atoms with Gasteiger partial charge in [0.05, 0.1) is 6.10 Å². The van der Waals surface area contributed by atoms with Gasteiger partial charge < -0.3 is 4.74 Å². The van der Waals surface area contributed by atoms with Crippen LogP contribution >= 0.6 is 0 Å². The lowest BCUT2D eigenvalue weighted by atomic mass is 9.93. The van der Waals surface area contributed by atoms with Crippen LogP contribution in [0.1, 0.15) is 13.8 Å². The fourth-order valence-corrected chi connectivity index (χ4v) is 3.36. The zero-order valence-electron chi connectivity index (χ0n) is 15.6. The predicted molar refractivity (Wildman–Crippen MR) is 108 cm³/mol. The van der Waals surface area contributed by atoms with Gasteiger partial charge in [0.2, 0.25) is 0 Å². The van der Waals surface area contributed by atoms with Gasteiger partial charge in [-0.05, 0) is 43.7 Å². The Bertz CT molecular complexity index is 1150. The van der Waals surface area contributed by atoms with Crippen LogP contribution in [0, 0.1) is 11.6 Å². The number of aromatic nitrogens is 1. The molecule has 3 aromatic carbocycles. The molecule has 0 radical (unpaired) electrons. The first-order chi connectivity index (χ1) is 13.6. The van der Waals surface area contributed by atoms with Gasteiger partial charge in [0, 0.05) is 28.3 Å². The molecule has 0 spiro atoms. The van der Waals surface area contributed by atoms with Gasteiger partial charge in [-0.15, -0.1) is 0 Å². The minimum atomic E-state index is -0.370. The number of ether oxygens (including phenoxy) is 1. The number of fused-ring (bicyclic) bond motifs is 1. The van der Waals surface area contributed by atoms with Crippen molar-refractivity contribution in [3.05, 3.63) is 84.6 Å². The summed E-state index contributed by atoms with van der Waals surface area (Å²) in [6.45, 7) is 3.81. The molecule has 2 nitrogen and oxygen atoms in total. The third-order valence-electron chi connectivity index (χ3n) is 4.53. The SMILES string of the molecule is CC(C)Oc1c(-c2ccccc2F)cc(-c2ccccc2F)c2cccnc12. The first-order valence-electron chi connectivity index (χ1n) is 9.14. The van der Waals surface area contributed by atoms with Crippen molar-refractivity contribution in [3.63, 3.8) is 0 Å². The van der Waals surface area contributed by atoms with Crippen LogP contribution in [-0.4, -0.2) is 11.1 Å². The van der Waals surface area contributed by atoms with E-state index in [1.54, 1.807) is 54.7 Å². The highest BCUT2D eigenvalue weighted by Gasteiger charge is 2.20. The van der Waals surface area contributed by atoms with Crippen LogP contribution in [0.5, 0.6) is 5.75 Å². The topological polar surface area (TPSA) is 22.1 Å². The number of hydrogen-bond acceptors (Lipinski definition) is 2. The highest BCUT2D eigenvalue weighted by atomic mass is 19.1. The van der Waals surface area contributed by atoms with Crippen LogP contribution in [0.25, 0.3) is 33.2 Å². The second-order valence-electron chi connectivity index (χ2n) is 6.83. The summed E-state index contributed by atoms with van der Waals surface area (Å²) in [5.41, 5.74) is 2.61. The Labute approximate surface area is 162 Å². The van der Waals surface area contributed by atoms with E-state index in [1.807, 2.05) is 19.9 Å². The van der Waals surface area contributed by atoms with E-state index in [1.165, 1.54) is 12.1 Å². The van der Waals surface area contributed by atoms with Crippen molar-refractivity contribution in [2.75, 3.05) is 0 Å². The molecule has 1 aromatic heterocycles. The van der Waals surface area contributed by atoms with Crippen LogP contribution < -0.4 is 4.74 Å². The van der Waals surface area contributed by atoms with Crippen molar-refractivity contribution >= 4 is 10.9 Å². The summed E-state index contributed by atoms with van der Waals surface area (Å²) in [6, 6.07) is 18.5. The molecule has 0 fully saturated rings. The van der Waals surface area contributed by atoms with Gasteiger partial charge in [0.1, 0.15) is 17.2 Å². The smallest absolute Gasteiger partial charge is 0.153 e. The summed E-state index contributed by atoms with van der Waals surface area (Å²) in [4.78, 5) is 4.50. The molecule has 0 atom stereocenters. The molecule has 28 heavy (non-hydrogen) atoms. The molecule has 0 bridgehead atoms. The molecule has 4 heteroatoms. The van der Waals surface area contributed by atoms with E-state index in [0.29, 0.717) is 33.5 Å². The van der Waals surface area contributed by atoms with Gasteiger partial charge in [-0.25, -0.2) is 8.78 Å². The largest absolute Gasteiger partial charge is 0.488 e. The van der Waals surface area contributed by atoms with Crippen LogP contribution in [0.2, 0.25) is 0 Å². The van der Waals surface area contributed by atoms with Crippen molar-refractivity contribution in [2.45, 2.75) is 20.0 Å². The van der Waals surface area contributed by atoms with E-state index in [-0.39, 0.29) is 17.7 Å². The van der Waals surface area contributed by atoms with Gasteiger partial charge in [-0.2, -0.15) is 0 Å². The van der Waals surface area contributed by atoms with E-state index >= 15 is 0 Å². The highest BCUT2D eigenvalue weighted by Crippen LogP contribution is 2.43. The molecule has 0 aliphatic carbocycles. The third-order valence-corrected chi connectivity index (χ3v) is 4.53. The second-order valence-corrected chi connectivity index (χ2v) is 6.83. The zero-order chi connectivity index (χ0) is 19.7.